The fourth-order valence-corrected chi connectivity index (χ4v) is 4.08. The van der Waals surface area contributed by atoms with Crippen molar-refractivity contribution >= 4 is 20.9 Å². The van der Waals surface area contributed by atoms with Gasteiger partial charge in [-0.2, -0.15) is 0 Å². The van der Waals surface area contributed by atoms with Crippen molar-refractivity contribution in [2.75, 3.05) is 0 Å². The quantitative estimate of drug-likeness (QED) is 0.419. The second kappa shape index (κ2) is 19.2. The summed E-state index contributed by atoms with van der Waals surface area (Å²) in [4.78, 5) is 20.0. The third-order valence-electron chi connectivity index (χ3n) is 5.38. The number of halogens is 2. The third-order valence-corrected chi connectivity index (χ3v) is 6.08. The first-order chi connectivity index (χ1) is 15.2. The van der Waals surface area contributed by atoms with Gasteiger partial charge in [-0.1, -0.05) is 91.8 Å². The number of rotatable bonds is 6. The van der Waals surface area contributed by atoms with Crippen molar-refractivity contribution in [2.24, 2.45) is 35.5 Å². The van der Waals surface area contributed by atoms with Gasteiger partial charge in [0, 0.05) is 23.3 Å². The van der Waals surface area contributed by atoms with Gasteiger partial charge in [0.25, 0.3) is 0 Å². The molecule has 0 amide bonds. The topological polar surface area (TPSA) is 81.8 Å². The molecule has 4 nitrogen and oxygen atoms in total. The van der Waals surface area contributed by atoms with Crippen LogP contribution in [0, 0.1) is 46.3 Å². The molecule has 2 N–H and O–H groups in total. The molecule has 0 radical (unpaired) electrons. The van der Waals surface area contributed by atoms with Crippen LogP contribution in [0.1, 0.15) is 69.2 Å². The number of nitrogens with one attached hydrogen (secondary N) is 2. The minimum atomic E-state index is -0.125. The summed E-state index contributed by atoms with van der Waals surface area (Å²) < 4.78 is -0.250. The van der Waals surface area contributed by atoms with E-state index in [0.717, 1.165) is 11.4 Å². The van der Waals surface area contributed by atoms with Crippen LogP contribution in [-0.2, 0) is 24.0 Å². The van der Waals surface area contributed by atoms with E-state index in [4.69, 9.17) is 10.8 Å². The van der Waals surface area contributed by atoms with E-state index in [9.17, 15) is 9.59 Å². The SMILES string of the molecule is CC(C)C1=CC=CC(C(C)C)C1=N.CC(C)C1=CC=CC(C(C)C)C1=N.C[C](=O)[Ni+2][C](C)=O.[Br-].[Br-]. The molecule has 0 aromatic rings. The van der Waals surface area contributed by atoms with Crippen LogP contribution in [0.25, 0.3) is 0 Å². The standard InChI is InChI=1S/2C12H19N.2C2H3O.2BrH.Ni/c2*1-8(2)10-6-5-7-11(9(3)4)12(10)13;2*1-2-3;;;/h2*5-10,13H,1-4H3;2*1H3;2*1H;/q;;;;;;+2/p-2. The van der Waals surface area contributed by atoms with E-state index in [1.807, 2.05) is 0 Å². The molecule has 7 heteroatoms. The van der Waals surface area contributed by atoms with Crippen LogP contribution in [0.5, 0.6) is 0 Å². The number of carbonyl (C=O) groups excluding carboxylic acids is 2. The summed E-state index contributed by atoms with van der Waals surface area (Å²) in [6.45, 7) is 20.0. The zero-order valence-electron chi connectivity index (χ0n) is 22.8. The maximum atomic E-state index is 10.0. The molecular weight excluding hydrogens is 615 g/mol. The molecular formula is C28H44Br2N2NiO2. The maximum Gasteiger partial charge on any atom is -1.00 e. The summed E-state index contributed by atoms with van der Waals surface area (Å²) in [6, 6.07) is 0. The molecule has 202 valence electrons. The second-order valence-electron chi connectivity index (χ2n) is 9.62. The average molecular weight is 659 g/mol. The molecule has 0 aliphatic heterocycles. The first kappa shape index (κ1) is 38.6. The van der Waals surface area contributed by atoms with Gasteiger partial charge >= 0.3 is 47.4 Å². The minimum absolute atomic E-state index is 0. The molecule has 0 aromatic heterocycles. The molecule has 0 heterocycles. The molecule has 2 aliphatic rings. The molecule has 35 heavy (non-hydrogen) atoms. The van der Waals surface area contributed by atoms with Gasteiger partial charge in [-0.05, 0) is 34.8 Å². The van der Waals surface area contributed by atoms with Crippen LogP contribution in [-0.4, -0.2) is 20.9 Å². The van der Waals surface area contributed by atoms with Crippen LogP contribution in [0.3, 0.4) is 0 Å². The molecule has 0 aromatic carbocycles. The van der Waals surface area contributed by atoms with Crippen LogP contribution >= 0.6 is 0 Å². The van der Waals surface area contributed by atoms with Gasteiger partial charge in [0.1, 0.15) is 0 Å². The molecule has 0 saturated carbocycles. The van der Waals surface area contributed by atoms with Gasteiger partial charge in [-0.3, -0.25) is 0 Å². The third kappa shape index (κ3) is 14.4. The Morgan fingerprint density at radius 2 is 0.971 bits per heavy atom. The molecule has 0 saturated heterocycles. The Morgan fingerprint density at radius 3 is 1.14 bits per heavy atom. The van der Waals surface area contributed by atoms with E-state index in [1.54, 1.807) is 0 Å². The minimum Gasteiger partial charge on any atom is -1.00 e. The molecule has 2 rings (SSSR count). The van der Waals surface area contributed by atoms with E-state index in [2.05, 4.69) is 91.8 Å². The van der Waals surface area contributed by atoms with Crippen molar-refractivity contribution in [3.05, 3.63) is 47.6 Å². The van der Waals surface area contributed by atoms with Crippen molar-refractivity contribution in [3.8, 4) is 0 Å². The molecule has 0 fully saturated rings. The number of hydrogen-bond donors (Lipinski definition) is 2. The largest absolute Gasteiger partial charge is 1.00 e. The van der Waals surface area contributed by atoms with E-state index >= 15 is 0 Å². The Labute approximate surface area is 240 Å². The molecule has 0 spiro atoms. The Morgan fingerprint density at radius 1 is 0.686 bits per heavy atom. The van der Waals surface area contributed by atoms with Crippen molar-refractivity contribution < 1.29 is 58.0 Å². The Kier molecular flexibility index (Phi) is 21.2. The number of hydrogen-bond acceptors (Lipinski definition) is 4. The van der Waals surface area contributed by atoms with Crippen LogP contribution in [0.2, 0.25) is 0 Å². The number of allylic oxidation sites excluding steroid dienone is 8. The molecule has 2 unspecified atom stereocenters. The molecule has 2 atom stereocenters. The van der Waals surface area contributed by atoms with Gasteiger partial charge in [0.15, 0.2) is 0 Å². The fourth-order valence-electron chi connectivity index (χ4n) is 3.59. The first-order valence-electron chi connectivity index (χ1n) is 11.7. The Balaban J connectivity index is -0.000000447. The van der Waals surface area contributed by atoms with Crippen molar-refractivity contribution in [1.29, 1.82) is 10.8 Å². The zero-order valence-corrected chi connectivity index (χ0v) is 27.0. The van der Waals surface area contributed by atoms with Gasteiger partial charge in [0.05, 0.1) is 0 Å². The van der Waals surface area contributed by atoms with Crippen LogP contribution in [0.15, 0.2) is 47.6 Å². The summed E-state index contributed by atoms with van der Waals surface area (Å²) in [7, 11) is 0. The summed E-state index contributed by atoms with van der Waals surface area (Å²) >= 11 is 0.569. The van der Waals surface area contributed by atoms with Gasteiger partial charge < -0.3 is 44.8 Å². The normalized spacial score (nSPS) is 18.7. The van der Waals surface area contributed by atoms with E-state index in [1.165, 1.54) is 25.0 Å². The van der Waals surface area contributed by atoms with Gasteiger partial charge in [0.2, 0.25) is 0 Å². The van der Waals surface area contributed by atoms with E-state index in [0.29, 0.717) is 49.9 Å². The van der Waals surface area contributed by atoms with Crippen molar-refractivity contribution in [1.82, 2.24) is 0 Å². The molecule has 0 bridgehead atoms. The van der Waals surface area contributed by atoms with Gasteiger partial charge in [-0.15, -0.1) is 0 Å². The van der Waals surface area contributed by atoms with Gasteiger partial charge in [-0.25, -0.2) is 0 Å². The smallest absolute Gasteiger partial charge is 1.00 e. The summed E-state index contributed by atoms with van der Waals surface area (Å²) in [6.07, 6.45) is 12.6. The second-order valence-corrected chi connectivity index (χ2v) is 11.3. The summed E-state index contributed by atoms with van der Waals surface area (Å²) in [5.74, 6) is 2.65. The Hall–Kier alpha value is -0.906. The van der Waals surface area contributed by atoms with Crippen molar-refractivity contribution in [3.63, 3.8) is 0 Å². The molecule has 2 aliphatic carbocycles. The van der Waals surface area contributed by atoms with Crippen LogP contribution in [0.4, 0.5) is 0 Å². The fraction of sp³-hybridized carbons (Fsp3) is 0.571. The Bertz CT molecular complexity index is 770. The summed E-state index contributed by atoms with van der Waals surface area (Å²) in [5.41, 5.74) is 4.02. The summed E-state index contributed by atoms with van der Waals surface area (Å²) in [5, 5.41) is 16.1. The van der Waals surface area contributed by atoms with Crippen LogP contribution < -0.4 is 34.0 Å². The maximum absolute atomic E-state index is 10.0. The zero-order chi connectivity index (χ0) is 25.9. The van der Waals surface area contributed by atoms with E-state index < -0.39 is 0 Å². The van der Waals surface area contributed by atoms with E-state index in [-0.39, 0.29) is 43.5 Å². The monoisotopic (exact) mass is 656 g/mol. The number of carbonyl (C=O) groups is 2. The first-order valence-corrected chi connectivity index (χ1v) is 12.7. The van der Waals surface area contributed by atoms with Crippen molar-refractivity contribution in [2.45, 2.75) is 69.2 Å². The predicted octanol–water partition coefficient (Wildman–Crippen LogP) is 1.03. The average Bonchev–Trinajstić information content (AvgIpc) is 2.67. The predicted molar refractivity (Wildman–Crippen MR) is 138 cm³/mol.